The van der Waals surface area contributed by atoms with Gasteiger partial charge in [0.2, 0.25) is 0 Å². The van der Waals surface area contributed by atoms with Crippen LogP contribution in [-0.2, 0) is 0 Å². The Balaban J connectivity index is 2.32. The first-order valence-corrected chi connectivity index (χ1v) is 8.15. The van der Waals surface area contributed by atoms with E-state index in [1.165, 1.54) is 6.42 Å². The number of piperidine rings is 1. The van der Waals surface area contributed by atoms with Crippen LogP contribution in [0.2, 0.25) is 0 Å². The fourth-order valence-electron chi connectivity index (χ4n) is 2.62. The van der Waals surface area contributed by atoms with Gasteiger partial charge in [0.15, 0.2) is 0 Å². The fourth-order valence-corrected chi connectivity index (χ4v) is 3.53. The maximum atomic E-state index is 12.7. The summed E-state index contributed by atoms with van der Waals surface area (Å²) in [5.74, 6) is 0.153. The summed E-state index contributed by atoms with van der Waals surface area (Å²) in [7, 11) is 0. The van der Waals surface area contributed by atoms with Gasteiger partial charge in [-0.3, -0.25) is 4.79 Å². The molecule has 4 heteroatoms. The first-order valence-electron chi connectivity index (χ1n) is 6.28. The van der Waals surface area contributed by atoms with Crippen LogP contribution in [0, 0.1) is 3.57 Å². The van der Waals surface area contributed by atoms with Gasteiger partial charge >= 0.3 is 0 Å². The number of carbonyl (C=O) groups is 1. The van der Waals surface area contributed by atoms with E-state index in [2.05, 4.69) is 52.4 Å². The van der Waals surface area contributed by atoms with Crippen LogP contribution >= 0.6 is 38.5 Å². The Hall–Kier alpha value is -0.100. The van der Waals surface area contributed by atoms with Gasteiger partial charge in [-0.25, -0.2) is 0 Å². The molecule has 18 heavy (non-hydrogen) atoms. The molecular weight excluding hydrogens is 405 g/mol. The Morgan fingerprint density at radius 3 is 2.56 bits per heavy atom. The minimum Gasteiger partial charge on any atom is -0.333 e. The van der Waals surface area contributed by atoms with Crippen molar-refractivity contribution < 1.29 is 4.79 Å². The van der Waals surface area contributed by atoms with Crippen molar-refractivity contribution in [1.82, 2.24) is 4.90 Å². The largest absolute Gasteiger partial charge is 0.333 e. The number of amides is 1. The van der Waals surface area contributed by atoms with E-state index in [1.807, 2.05) is 23.1 Å². The molecule has 1 saturated heterocycles. The molecule has 98 valence electrons. The molecule has 0 N–H and O–H groups in total. The van der Waals surface area contributed by atoms with Crippen molar-refractivity contribution in [3.8, 4) is 0 Å². The van der Waals surface area contributed by atoms with E-state index in [0.29, 0.717) is 12.1 Å². The summed E-state index contributed by atoms with van der Waals surface area (Å²) in [6.45, 7) is 4.30. The Labute approximate surface area is 130 Å². The van der Waals surface area contributed by atoms with E-state index in [0.717, 1.165) is 26.4 Å². The van der Waals surface area contributed by atoms with Crippen molar-refractivity contribution in [3.05, 3.63) is 31.8 Å². The molecule has 0 aliphatic carbocycles. The molecule has 1 aromatic carbocycles. The lowest BCUT2D eigenvalue weighted by atomic mass is 9.96. The Bertz CT molecular complexity index is 453. The highest BCUT2D eigenvalue weighted by Crippen LogP contribution is 2.28. The van der Waals surface area contributed by atoms with Crippen molar-refractivity contribution in [2.75, 3.05) is 0 Å². The average molecular weight is 422 g/mol. The zero-order chi connectivity index (χ0) is 13.3. The second-order valence-electron chi connectivity index (χ2n) is 4.97. The van der Waals surface area contributed by atoms with Crippen molar-refractivity contribution in [2.24, 2.45) is 0 Å². The van der Waals surface area contributed by atoms with Crippen LogP contribution in [0.15, 0.2) is 22.7 Å². The van der Waals surface area contributed by atoms with Crippen molar-refractivity contribution >= 4 is 44.4 Å². The second-order valence-corrected chi connectivity index (χ2v) is 7.07. The highest BCUT2D eigenvalue weighted by molar-refractivity contribution is 14.1. The average Bonchev–Trinajstić information content (AvgIpc) is 2.32. The summed E-state index contributed by atoms with van der Waals surface area (Å²) < 4.78 is 1.98. The lowest BCUT2D eigenvalue weighted by Gasteiger charge is -2.39. The van der Waals surface area contributed by atoms with Crippen molar-refractivity contribution in [1.29, 1.82) is 0 Å². The molecule has 1 amide bonds. The second kappa shape index (κ2) is 5.90. The molecule has 0 unspecified atom stereocenters. The molecule has 0 saturated carbocycles. The molecule has 1 aliphatic heterocycles. The summed E-state index contributed by atoms with van der Waals surface area (Å²) >= 11 is 5.73. The summed E-state index contributed by atoms with van der Waals surface area (Å²) in [6.07, 6.45) is 3.44. The summed E-state index contributed by atoms with van der Waals surface area (Å²) in [5.41, 5.74) is 0.780. The predicted octanol–water partition coefficient (Wildman–Crippen LogP) is 4.46. The van der Waals surface area contributed by atoms with E-state index in [1.54, 1.807) is 0 Å². The van der Waals surface area contributed by atoms with E-state index >= 15 is 0 Å². The maximum absolute atomic E-state index is 12.7. The highest BCUT2D eigenvalue weighted by Gasteiger charge is 2.30. The lowest BCUT2D eigenvalue weighted by Crippen LogP contribution is -2.47. The number of halogens is 2. The van der Waals surface area contributed by atoms with Crippen molar-refractivity contribution in [3.63, 3.8) is 0 Å². The van der Waals surface area contributed by atoms with Crippen LogP contribution in [0.3, 0.4) is 0 Å². The third kappa shape index (κ3) is 2.90. The number of hydrogen-bond donors (Lipinski definition) is 0. The number of carbonyl (C=O) groups excluding carboxylic acids is 1. The summed E-state index contributed by atoms with van der Waals surface area (Å²) in [6, 6.07) is 6.59. The van der Waals surface area contributed by atoms with Crippen LogP contribution in [0.5, 0.6) is 0 Å². The highest BCUT2D eigenvalue weighted by atomic mass is 127. The molecule has 2 rings (SSSR count). The van der Waals surface area contributed by atoms with Crippen molar-refractivity contribution in [2.45, 2.75) is 45.2 Å². The molecular formula is C14H17BrINO. The van der Waals surface area contributed by atoms with Gasteiger partial charge in [-0.05, 0) is 89.8 Å². The molecule has 2 atom stereocenters. The van der Waals surface area contributed by atoms with Gasteiger partial charge in [0.1, 0.15) is 0 Å². The first-order chi connectivity index (χ1) is 8.50. The van der Waals surface area contributed by atoms with Crippen LogP contribution in [0.1, 0.15) is 43.5 Å². The molecule has 0 radical (unpaired) electrons. The number of hydrogen-bond acceptors (Lipinski definition) is 1. The summed E-state index contributed by atoms with van der Waals surface area (Å²) in [5, 5.41) is 0. The Kier molecular flexibility index (Phi) is 4.69. The fraction of sp³-hybridized carbons (Fsp3) is 0.500. The van der Waals surface area contributed by atoms with Gasteiger partial charge in [-0.2, -0.15) is 0 Å². The van der Waals surface area contributed by atoms with Gasteiger partial charge in [0, 0.05) is 20.1 Å². The zero-order valence-corrected chi connectivity index (χ0v) is 14.4. The molecule has 1 fully saturated rings. The predicted molar refractivity (Wildman–Crippen MR) is 85.8 cm³/mol. The monoisotopic (exact) mass is 421 g/mol. The number of benzene rings is 1. The number of rotatable bonds is 1. The van der Waals surface area contributed by atoms with Crippen LogP contribution in [0.4, 0.5) is 0 Å². The van der Waals surface area contributed by atoms with Gasteiger partial charge < -0.3 is 4.90 Å². The third-order valence-corrected chi connectivity index (χ3v) is 4.95. The molecule has 0 spiro atoms. The zero-order valence-electron chi connectivity index (χ0n) is 10.6. The quantitative estimate of drug-likeness (QED) is 0.613. The topological polar surface area (TPSA) is 20.3 Å². The smallest absolute Gasteiger partial charge is 0.255 e. The first kappa shape index (κ1) is 14.3. The minimum absolute atomic E-state index is 0.153. The molecule has 1 heterocycles. The SMILES string of the molecule is C[C@@H]1CCC[C@H](C)N1C(=O)c1cc(I)ccc1Br. The standard InChI is InChI=1S/C14H17BrINO/c1-9-4-3-5-10(2)17(9)14(18)12-8-11(16)6-7-13(12)15/h6-10H,3-5H2,1-2H3/t9-,10+. The molecule has 1 aliphatic rings. The number of likely N-dealkylation sites (tertiary alicyclic amines) is 1. The van der Waals surface area contributed by atoms with Crippen LogP contribution in [-0.4, -0.2) is 22.9 Å². The minimum atomic E-state index is 0.153. The molecule has 1 aromatic rings. The number of nitrogens with zero attached hydrogens (tertiary/aromatic N) is 1. The van der Waals surface area contributed by atoms with Gasteiger partial charge in [-0.15, -0.1) is 0 Å². The van der Waals surface area contributed by atoms with Crippen LogP contribution < -0.4 is 0 Å². The Morgan fingerprint density at radius 2 is 1.94 bits per heavy atom. The Morgan fingerprint density at radius 1 is 1.33 bits per heavy atom. The van der Waals surface area contributed by atoms with E-state index in [-0.39, 0.29) is 5.91 Å². The molecule has 0 bridgehead atoms. The van der Waals surface area contributed by atoms with E-state index < -0.39 is 0 Å². The van der Waals surface area contributed by atoms with E-state index in [4.69, 9.17) is 0 Å². The van der Waals surface area contributed by atoms with Crippen LogP contribution in [0.25, 0.3) is 0 Å². The lowest BCUT2D eigenvalue weighted by molar-refractivity contribution is 0.0509. The van der Waals surface area contributed by atoms with Gasteiger partial charge in [-0.1, -0.05) is 0 Å². The van der Waals surface area contributed by atoms with E-state index in [9.17, 15) is 4.79 Å². The van der Waals surface area contributed by atoms with Gasteiger partial charge in [0.25, 0.3) is 5.91 Å². The molecule has 2 nitrogen and oxygen atoms in total. The normalized spacial score (nSPS) is 24.1. The summed E-state index contributed by atoms with van der Waals surface area (Å²) in [4.78, 5) is 14.7. The molecule has 0 aromatic heterocycles. The van der Waals surface area contributed by atoms with Gasteiger partial charge in [0.05, 0.1) is 5.56 Å². The maximum Gasteiger partial charge on any atom is 0.255 e. The third-order valence-electron chi connectivity index (χ3n) is 3.59.